The standard InChI is InChI=1S/C24H28N6O3/c1-4-16-12-22(20-9-10-25-24(29-20)33-19-7-5-18(31)6-8-19)28-21(16)11-15(2)27-23(32)17-13-26-30(3)14-17/h4,9-14,18-19,28,31H,1,5-8H2,2-3H3,(H,27,32)/b15-11+. The van der Waals surface area contributed by atoms with Crippen LogP contribution in [0.5, 0.6) is 6.01 Å². The van der Waals surface area contributed by atoms with E-state index in [4.69, 9.17) is 4.74 Å². The zero-order chi connectivity index (χ0) is 23.4. The van der Waals surface area contributed by atoms with Gasteiger partial charge >= 0.3 is 6.01 Å². The molecule has 3 heterocycles. The van der Waals surface area contributed by atoms with Gasteiger partial charge in [-0.1, -0.05) is 12.7 Å². The maximum absolute atomic E-state index is 12.4. The van der Waals surface area contributed by atoms with Crippen LogP contribution in [-0.2, 0) is 7.05 Å². The number of allylic oxidation sites excluding steroid dienone is 1. The molecule has 1 aliphatic rings. The molecule has 0 aromatic carbocycles. The summed E-state index contributed by atoms with van der Waals surface area (Å²) in [6.07, 6.45) is 11.3. The summed E-state index contributed by atoms with van der Waals surface area (Å²) in [5, 5.41) is 16.6. The van der Waals surface area contributed by atoms with Crippen LogP contribution in [0.2, 0.25) is 0 Å². The van der Waals surface area contributed by atoms with Gasteiger partial charge in [0.05, 0.1) is 29.3 Å². The van der Waals surface area contributed by atoms with Gasteiger partial charge in [-0.25, -0.2) is 4.98 Å². The highest BCUT2D eigenvalue weighted by Crippen LogP contribution is 2.26. The highest BCUT2D eigenvalue weighted by molar-refractivity contribution is 5.95. The molecule has 1 aliphatic carbocycles. The molecule has 0 saturated heterocycles. The zero-order valence-electron chi connectivity index (χ0n) is 18.8. The summed E-state index contributed by atoms with van der Waals surface area (Å²) in [4.78, 5) is 24.5. The SMILES string of the molecule is C=Cc1cc(-c2ccnc(OC3CCC(O)CC3)n2)[nH]c1/C=C(\C)NC(=O)c1cnn(C)c1. The predicted octanol–water partition coefficient (Wildman–Crippen LogP) is 3.32. The van der Waals surface area contributed by atoms with Crippen molar-refractivity contribution in [3.8, 4) is 17.4 Å². The van der Waals surface area contributed by atoms with Crippen LogP contribution in [0.15, 0.2) is 43.0 Å². The van der Waals surface area contributed by atoms with Gasteiger partial charge in [0.15, 0.2) is 0 Å². The van der Waals surface area contributed by atoms with Crippen LogP contribution in [0.25, 0.3) is 23.5 Å². The Balaban J connectivity index is 1.50. The summed E-state index contributed by atoms with van der Waals surface area (Å²) in [6.45, 7) is 5.71. The Morgan fingerprint density at radius 2 is 2.15 bits per heavy atom. The number of nitrogens with one attached hydrogen (secondary N) is 2. The summed E-state index contributed by atoms with van der Waals surface area (Å²) >= 11 is 0. The normalized spacial score (nSPS) is 18.7. The van der Waals surface area contributed by atoms with Crippen molar-refractivity contribution in [1.82, 2.24) is 30.0 Å². The van der Waals surface area contributed by atoms with Crippen LogP contribution >= 0.6 is 0 Å². The van der Waals surface area contributed by atoms with Crippen molar-refractivity contribution in [1.29, 1.82) is 0 Å². The Morgan fingerprint density at radius 1 is 1.36 bits per heavy atom. The molecule has 0 atom stereocenters. The second-order valence-electron chi connectivity index (χ2n) is 8.21. The minimum absolute atomic E-state index is 0.0144. The van der Waals surface area contributed by atoms with Gasteiger partial charge in [0.1, 0.15) is 6.10 Å². The van der Waals surface area contributed by atoms with Crippen molar-refractivity contribution in [2.24, 2.45) is 7.05 Å². The Labute approximate surface area is 192 Å². The van der Waals surface area contributed by atoms with Crippen LogP contribution in [0.1, 0.15) is 54.2 Å². The third-order valence-electron chi connectivity index (χ3n) is 5.56. The first kappa shape index (κ1) is 22.5. The van der Waals surface area contributed by atoms with E-state index in [1.54, 1.807) is 36.3 Å². The van der Waals surface area contributed by atoms with Crippen LogP contribution in [0.4, 0.5) is 0 Å². The maximum atomic E-state index is 12.4. The number of aliphatic hydroxyl groups is 1. The topological polar surface area (TPSA) is 118 Å². The van der Waals surface area contributed by atoms with E-state index < -0.39 is 0 Å². The number of H-pyrrole nitrogens is 1. The molecule has 0 unspecified atom stereocenters. The summed E-state index contributed by atoms with van der Waals surface area (Å²) < 4.78 is 7.53. The van der Waals surface area contributed by atoms with E-state index in [9.17, 15) is 9.90 Å². The van der Waals surface area contributed by atoms with Crippen LogP contribution < -0.4 is 10.1 Å². The fourth-order valence-corrected chi connectivity index (χ4v) is 3.81. The lowest BCUT2D eigenvalue weighted by Gasteiger charge is -2.25. The van der Waals surface area contributed by atoms with Crippen LogP contribution in [0, 0.1) is 0 Å². The average Bonchev–Trinajstić information content (AvgIpc) is 3.41. The van der Waals surface area contributed by atoms with E-state index in [1.165, 1.54) is 6.20 Å². The lowest BCUT2D eigenvalue weighted by molar-refractivity contribution is 0.0619. The molecular weight excluding hydrogens is 420 g/mol. The molecule has 1 amide bonds. The molecule has 3 aromatic rings. The number of nitrogens with zero attached hydrogens (tertiary/aromatic N) is 4. The number of hydrogen-bond donors (Lipinski definition) is 3. The summed E-state index contributed by atoms with van der Waals surface area (Å²) in [5.74, 6) is -0.225. The molecule has 1 saturated carbocycles. The minimum Gasteiger partial charge on any atom is -0.460 e. The first-order valence-corrected chi connectivity index (χ1v) is 10.9. The quantitative estimate of drug-likeness (QED) is 0.510. The first-order chi connectivity index (χ1) is 15.9. The number of carbonyl (C=O) groups is 1. The Bertz CT molecular complexity index is 1170. The van der Waals surface area contributed by atoms with Crippen molar-refractivity contribution in [2.45, 2.75) is 44.8 Å². The molecular formula is C24H28N6O3. The second-order valence-corrected chi connectivity index (χ2v) is 8.21. The summed E-state index contributed by atoms with van der Waals surface area (Å²) in [5.41, 5.74) is 4.31. The number of aromatic amines is 1. The van der Waals surface area contributed by atoms with Gasteiger partial charge in [-0.3, -0.25) is 9.48 Å². The first-order valence-electron chi connectivity index (χ1n) is 10.9. The maximum Gasteiger partial charge on any atom is 0.317 e. The highest BCUT2D eigenvalue weighted by atomic mass is 16.5. The van der Waals surface area contributed by atoms with Crippen molar-refractivity contribution in [3.05, 3.63) is 59.8 Å². The molecule has 0 bridgehead atoms. The number of hydrogen-bond acceptors (Lipinski definition) is 6. The number of rotatable bonds is 7. The molecule has 0 radical (unpaired) electrons. The molecule has 9 nitrogen and oxygen atoms in total. The minimum atomic E-state index is -0.238. The smallest absolute Gasteiger partial charge is 0.317 e. The Kier molecular flexibility index (Phi) is 6.69. The lowest BCUT2D eigenvalue weighted by Crippen LogP contribution is -2.27. The highest BCUT2D eigenvalue weighted by Gasteiger charge is 2.21. The molecule has 9 heteroatoms. The monoisotopic (exact) mass is 448 g/mol. The third-order valence-corrected chi connectivity index (χ3v) is 5.56. The van der Waals surface area contributed by atoms with E-state index in [-0.39, 0.29) is 18.1 Å². The predicted molar refractivity (Wildman–Crippen MR) is 125 cm³/mol. The van der Waals surface area contributed by atoms with Gasteiger partial charge in [0.25, 0.3) is 5.91 Å². The fraction of sp³-hybridized carbons (Fsp3) is 0.333. The van der Waals surface area contributed by atoms with Gasteiger partial charge < -0.3 is 20.1 Å². The number of carbonyl (C=O) groups excluding carboxylic acids is 1. The van der Waals surface area contributed by atoms with Crippen molar-refractivity contribution in [2.75, 3.05) is 0 Å². The molecule has 3 aromatic heterocycles. The van der Waals surface area contributed by atoms with Crippen molar-refractivity contribution < 1.29 is 14.6 Å². The van der Waals surface area contributed by atoms with E-state index in [2.05, 4.69) is 31.9 Å². The third kappa shape index (κ3) is 5.56. The number of ether oxygens (including phenoxy) is 1. The number of aryl methyl sites for hydroxylation is 1. The summed E-state index contributed by atoms with van der Waals surface area (Å²) in [6, 6.07) is 4.07. The largest absolute Gasteiger partial charge is 0.460 e. The van der Waals surface area contributed by atoms with E-state index in [0.29, 0.717) is 23.0 Å². The fourth-order valence-electron chi connectivity index (χ4n) is 3.81. The second kappa shape index (κ2) is 9.83. The van der Waals surface area contributed by atoms with Crippen molar-refractivity contribution in [3.63, 3.8) is 0 Å². The molecule has 4 rings (SSSR count). The number of aliphatic hydroxyl groups excluding tert-OH is 1. The lowest BCUT2D eigenvalue weighted by atomic mass is 9.95. The average molecular weight is 449 g/mol. The number of amides is 1. The van der Waals surface area contributed by atoms with Gasteiger partial charge in [0.2, 0.25) is 0 Å². The van der Waals surface area contributed by atoms with Crippen LogP contribution in [-0.4, -0.2) is 48.0 Å². The molecule has 172 valence electrons. The van der Waals surface area contributed by atoms with Crippen molar-refractivity contribution >= 4 is 18.1 Å². The van der Waals surface area contributed by atoms with Gasteiger partial charge in [-0.15, -0.1) is 0 Å². The molecule has 0 aliphatic heterocycles. The number of aromatic nitrogens is 5. The molecule has 33 heavy (non-hydrogen) atoms. The Morgan fingerprint density at radius 3 is 2.85 bits per heavy atom. The van der Waals surface area contributed by atoms with Gasteiger partial charge in [-0.2, -0.15) is 10.1 Å². The summed E-state index contributed by atoms with van der Waals surface area (Å²) in [7, 11) is 1.76. The Hall–Kier alpha value is -3.72. The van der Waals surface area contributed by atoms with E-state index >= 15 is 0 Å². The van der Waals surface area contributed by atoms with Gasteiger partial charge in [0, 0.05) is 30.8 Å². The van der Waals surface area contributed by atoms with Gasteiger partial charge in [-0.05, 0) is 56.4 Å². The van der Waals surface area contributed by atoms with E-state index in [0.717, 1.165) is 42.6 Å². The van der Waals surface area contributed by atoms with E-state index in [1.807, 2.05) is 19.1 Å². The molecule has 3 N–H and O–H groups in total. The molecule has 0 spiro atoms. The van der Waals surface area contributed by atoms with Crippen LogP contribution in [0.3, 0.4) is 0 Å². The zero-order valence-corrected chi connectivity index (χ0v) is 18.8. The molecule has 1 fully saturated rings.